The van der Waals surface area contributed by atoms with Gasteiger partial charge in [0.1, 0.15) is 0 Å². The minimum Gasteiger partial charge on any atom is -0.481 e. The van der Waals surface area contributed by atoms with Crippen LogP contribution in [0.2, 0.25) is 0 Å². The van der Waals surface area contributed by atoms with Crippen molar-refractivity contribution < 1.29 is 19.4 Å². The zero-order chi connectivity index (χ0) is 11.7. The maximum Gasteiger partial charge on any atom is 0.306 e. The van der Waals surface area contributed by atoms with E-state index in [4.69, 9.17) is 14.6 Å². The predicted molar refractivity (Wildman–Crippen MR) is 57.4 cm³/mol. The van der Waals surface area contributed by atoms with Crippen molar-refractivity contribution in [2.75, 3.05) is 13.4 Å². The van der Waals surface area contributed by atoms with Crippen molar-refractivity contribution in [2.45, 2.75) is 33.1 Å². The lowest BCUT2D eigenvalue weighted by Gasteiger charge is -2.11. The fourth-order valence-corrected chi connectivity index (χ4v) is 1.17. The molecule has 1 unspecified atom stereocenters. The van der Waals surface area contributed by atoms with Gasteiger partial charge in [0.05, 0.1) is 18.3 Å². The monoisotopic (exact) mass is 216 g/mol. The second kappa shape index (κ2) is 8.29. The first-order valence-corrected chi connectivity index (χ1v) is 5.16. The molecule has 0 aliphatic rings. The zero-order valence-electron chi connectivity index (χ0n) is 9.49. The minimum absolute atomic E-state index is 0.147. The summed E-state index contributed by atoms with van der Waals surface area (Å²) in [6.07, 6.45) is 2.10. The van der Waals surface area contributed by atoms with Crippen LogP contribution < -0.4 is 0 Å². The van der Waals surface area contributed by atoms with Crippen molar-refractivity contribution in [1.82, 2.24) is 0 Å². The van der Waals surface area contributed by atoms with Crippen LogP contribution in [0.4, 0.5) is 0 Å². The van der Waals surface area contributed by atoms with Crippen molar-refractivity contribution in [2.24, 2.45) is 5.92 Å². The average molecular weight is 216 g/mol. The number of rotatable bonds is 9. The molecule has 0 aliphatic heterocycles. The van der Waals surface area contributed by atoms with Crippen LogP contribution in [0.15, 0.2) is 12.3 Å². The number of hydrogen-bond acceptors (Lipinski definition) is 3. The quantitative estimate of drug-likeness (QED) is 0.365. The Hall–Kier alpha value is -1.03. The van der Waals surface area contributed by atoms with Gasteiger partial charge in [-0.2, -0.15) is 0 Å². The van der Waals surface area contributed by atoms with E-state index in [-0.39, 0.29) is 12.7 Å². The van der Waals surface area contributed by atoms with Gasteiger partial charge in [-0.15, -0.1) is 0 Å². The summed E-state index contributed by atoms with van der Waals surface area (Å²) >= 11 is 0. The van der Waals surface area contributed by atoms with E-state index in [1.54, 1.807) is 6.92 Å². The highest BCUT2D eigenvalue weighted by atomic mass is 16.7. The van der Waals surface area contributed by atoms with Gasteiger partial charge < -0.3 is 14.6 Å². The highest BCUT2D eigenvalue weighted by Crippen LogP contribution is 2.11. The lowest BCUT2D eigenvalue weighted by molar-refractivity contribution is -0.143. The van der Waals surface area contributed by atoms with Crippen LogP contribution in [0.1, 0.15) is 33.1 Å². The Morgan fingerprint density at radius 2 is 2.13 bits per heavy atom. The molecule has 1 atom stereocenters. The summed E-state index contributed by atoms with van der Waals surface area (Å²) in [5.41, 5.74) is 0. The summed E-state index contributed by atoms with van der Waals surface area (Å²) in [4.78, 5) is 10.8. The molecule has 0 aromatic carbocycles. The van der Waals surface area contributed by atoms with E-state index in [2.05, 4.69) is 6.58 Å². The van der Waals surface area contributed by atoms with Crippen molar-refractivity contribution in [3.63, 3.8) is 0 Å². The summed E-state index contributed by atoms with van der Waals surface area (Å²) in [7, 11) is 0. The van der Waals surface area contributed by atoms with Gasteiger partial charge in [-0.05, 0) is 19.8 Å². The molecule has 15 heavy (non-hydrogen) atoms. The molecular weight excluding hydrogens is 196 g/mol. The van der Waals surface area contributed by atoms with E-state index in [0.717, 1.165) is 6.42 Å². The number of aliphatic carboxylic acids is 1. The first-order chi connectivity index (χ1) is 7.07. The van der Waals surface area contributed by atoms with Crippen LogP contribution in [-0.2, 0) is 14.3 Å². The Labute approximate surface area is 90.9 Å². The molecule has 0 aromatic rings. The molecule has 1 N–H and O–H groups in total. The van der Waals surface area contributed by atoms with Gasteiger partial charge in [0, 0.05) is 0 Å². The Kier molecular flexibility index (Phi) is 7.72. The smallest absolute Gasteiger partial charge is 0.306 e. The summed E-state index contributed by atoms with van der Waals surface area (Å²) < 4.78 is 10.1. The third-order valence-electron chi connectivity index (χ3n) is 1.99. The highest BCUT2D eigenvalue weighted by Gasteiger charge is 2.15. The van der Waals surface area contributed by atoms with Gasteiger partial charge in [0.15, 0.2) is 6.79 Å². The van der Waals surface area contributed by atoms with E-state index < -0.39 is 5.97 Å². The van der Waals surface area contributed by atoms with E-state index in [1.165, 1.54) is 0 Å². The highest BCUT2D eigenvalue weighted by molar-refractivity contribution is 5.69. The molecule has 0 heterocycles. The summed E-state index contributed by atoms with van der Waals surface area (Å²) in [5, 5.41) is 8.85. The fraction of sp³-hybridized carbons (Fsp3) is 0.727. The fourth-order valence-electron chi connectivity index (χ4n) is 1.17. The molecule has 0 amide bonds. The minimum atomic E-state index is -0.749. The third-order valence-corrected chi connectivity index (χ3v) is 1.99. The van der Waals surface area contributed by atoms with Gasteiger partial charge in [0.25, 0.3) is 0 Å². The van der Waals surface area contributed by atoms with E-state index >= 15 is 0 Å². The molecular formula is C11H20O4. The van der Waals surface area contributed by atoms with Crippen LogP contribution >= 0.6 is 0 Å². The molecule has 0 fully saturated rings. The average Bonchev–Trinajstić information content (AvgIpc) is 2.15. The molecule has 0 rings (SSSR count). The van der Waals surface area contributed by atoms with Gasteiger partial charge in [-0.3, -0.25) is 4.79 Å². The molecule has 0 radical (unpaired) electrons. The summed E-state index contributed by atoms with van der Waals surface area (Å²) in [6.45, 7) is 7.81. The van der Waals surface area contributed by atoms with Crippen molar-refractivity contribution in [1.29, 1.82) is 0 Å². The SMILES string of the molecule is C=C(C)OCOCCC(CCC)C(=O)O. The lowest BCUT2D eigenvalue weighted by Crippen LogP contribution is -2.16. The number of ether oxygens (including phenoxy) is 2. The van der Waals surface area contributed by atoms with Crippen LogP contribution in [0.5, 0.6) is 0 Å². The first-order valence-electron chi connectivity index (χ1n) is 5.16. The number of hydrogen-bond donors (Lipinski definition) is 1. The maximum atomic E-state index is 10.8. The molecule has 0 bridgehead atoms. The van der Waals surface area contributed by atoms with Gasteiger partial charge >= 0.3 is 5.97 Å². The zero-order valence-corrected chi connectivity index (χ0v) is 9.49. The van der Waals surface area contributed by atoms with Crippen molar-refractivity contribution in [3.05, 3.63) is 12.3 Å². The number of allylic oxidation sites excluding steroid dienone is 1. The lowest BCUT2D eigenvalue weighted by atomic mass is 10.0. The van der Waals surface area contributed by atoms with Gasteiger partial charge in [0.2, 0.25) is 0 Å². The Morgan fingerprint density at radius 1 is 1.47 bits per heavy atom. The van der Waals surface area contributed by atoms with E-state index in [9.17, 15) is 4.79 Å². The van der Waals surface area contributed by atoms with Crippen LogP contribution in [0, 0.1) is 5.92 Å². The Bertz CT molecular complexity index is 201. The van der Waals surface area contributed by atoms with Gasteiger partial charge in [-0.25, -0.2) is 0 Å². The van der Waals surface area contributed by atoms with E-state index in [1.807, 2.05) is 6.92 Å². The third kappa shape index (κ3) is 8.00. The molecule has 0 aromatic heterocycles. The molecule has 4 nitrogen and oxygen atoms in total. The largest absolute Gasteiger partial charge is 0.481 e. The molecule has 0 aliphatic carbocycles. The van der Waals surface area contributed by atoms with E-state index in [0.29, 0.717) is 25.2 Å². The summed E-state index contributed by atoms with van der Waals surface area (Å²) in [5.74, 6) is -0.459. The Morgan fingerprint density at radius 3 is 2.60 bits per heavy atom. The molecule has 88 valence electrons. The van der Waals surface area contributed by atoms with Crippen molar-refractivity contribution >= 4 is 5.97 Å². The first kappa shape index (κ1) is 14.0. The summed E-state index contributed by atoms with van der Waals surface area (Å²) in [6, 6.07) is 0. The number of carbonyl (C=O) groups is 1. The van der Waals surface area contributed by atoms with Crippen LogP contribution in [0.3, 0.4) is 0 Å². The molecule has 0 saturated heterocycles. The predicted octanol–water partition coefficient (Wildman–Crippen LogP) is 2.40. The van der Waals surface area contributed by atoms with Crippen LogP contribution in [0.25, 0.3) is 0 Å². The number of carboxylic acid groups (broad SMARTS) is 1. The van der Waals surface area contributed by atoms with Crippen molar-refractivity contribution in [3.8, 4) is 0 Å². The van der Waals surface area contributed by atoms with Gasteiger partial charge in [-0.1, -0.05) is 19.9 Å². The number of carboxylic acids is 1. The normalized spacial score (nSPS) is 12.1. The van der Waals surface area contributed by atoms with Crippen LogP contribution in [-0.4, -0.2) is 24.5 Å². The second-order valence-corrected chi connectivity index (χ2v) is 3.48. The molecule has 0 spiro atoms. The maximum absolute atomic E-state index is 10.8. The standard InChI is InChI=1S/C11H20O4/c1-4-5-10(11(12)13)6-7-14-8-15-9(2)3/h10H,2,4-8H2,1,3H3,(H,12,13). The second-order valence-electron chi connectivity index (χ2n) is 3.48. The molecule has 4 heteroatoms. The Balaban J connectivity index is 3.53. The molecule has 0 saturated carbocycles. The topological polar surface area (TPSA) is 55.8 Å².